The largest absolute Gasteiger partial charge is 0.496 e. The van der Waals surface area contributed by atoms with Gasteiger partial charge in [0.15, 0.2) is 0 Å². The lowest BCUT2D eigenvalue weighted by Crippen LogP contribution is -2.40. The van der Waals surface area contributed by atoms with Crippen molar-refractivity contribution >= 4 is 31.9 Å². The summed E-state index contributed by atoms with van der Waals surface area (Å²) in [5, 5.41) is 0. The summed E-state index contributed by atoms with van der Waals surface area (Å²) in [5.41, 5.74) is 1.16. The number of halogens is 1. The zero-order chi connectivity index (χ0) is 21.0. The molecule has 1 amide bonds. The molecule has 0 radical (unpaired) electrons. The Morgan fingerprint density at radius 2 is 1.93 bits per heavy atom. The number of carbonyl (C=O) groups is 1. The number of rotatable bonds is 6. The van der Waals surface area contributed by atoms with Crippen molar-refractivity contribution in [3.63, 3.8) is 0 Å². The highest BCUT2D eigenvalue weighted by Crippen LogP contribution is 2.25. The molecule has 0 aromatic heterocycles. The maximum Gasteiger partial charge on any atom is 0.253 e. The van der Waals surface area contributed by atoms with Gasteiger partial charge in [0.2, 0.25) is 10.0 Å². The molecule has 0 bridgehead atoms. The zero-order valence-corrected chi connectivity index (χ0v) is 18.7. The summed E-state index contributed by atoms with van der Waals surface area (Å²) < 4.78 is 38.6. The molecule has 9 heteroatoms. The third kappa shape index (κ3) is 4.98. The van der Waals surface area contributed by atoms with Crippen LogP contribution in [0.1, 0.15) is 15.9 Å². The van der Waals surface area contributed by atoms with Gasteiger partial charge in [0.05, 0.1) is 25.2 Å². The Hall–Kier alpha value is -1.94. The molecule has 1 aliphatic rings. The Morgan fingerprint density at radius 1 is 1.21 bits per heavy atom. The summed E-state index contributed by atoms with van der Waals surface area (Å²) in [4.78, 5) is 14.6. The average molecular weight is 483 g/mol. The highest BCUT2D eigenvalue weighted by atomic mass is 79.9. The van der Waals surface area contributed by atoms with E-state index in [1.54, 1.807) is 26.3 Å². The Morgan fingerprint density at radius 3 is 2.62 bits per heavy atom. The lowest BCUT2D eigenvalue weighted by Gasteiger charge is -2.26. The summed E-state index contributed by atoms with van der Waals surface area (Å²) in [6, 6.07) is 11.7. The standard InChI is InChI=1S/C20H23BrN2O5S/c1-22(14-16-12-17(21)6-7-19(16)27-2)20(24)15-4-3-5-18(13-15)29(25,26)23-8-10-28-11-9-23/h3-7,12-13H,8-11,14H2,1-2H3. The molecular weight excluding hydrogens is 460 g/mol. The second kappa shape index (κ2) is 9.25. The molecule has 156 valence electrons. The van der Waals surface area contributed by atoms with Gasteiger partial charge in [0.25, 0.3) is 5.91 Å². The predicted molar refractivity (Wildman–Crippen MR) is 113 cm³/mol. The van der Waals surface area contributed by atoms with E-state index in [9.17, 15) is 13.2 Å². The fourth-order valence-electron chi connectivity index (χ4n) is 3.14. The van der Waals surface area contributed by atoms with Crippen molar-refractivity contribution in [2.75, 3.05) is 40.5 Å². The van der Waals surface area contributed by atoms with E-state index in [1.807, 2.05) is 18.2 Å². The summed E-state index contributed by atoms with van der Waals surface area (Å²) in [5.74, 6) is 0.405. The van der Waals surface area contributed by atoms with E-state index in [1.165, 1.54) is 21.3 Å². The molecule has 2 aromatic rings. The fourth-order valence-corrected chi connectivity index (χ4v) is 5.01. The van der Waals surface area contributed by atoms with Gasteiger partial charge in [-0.25, -0.2) is 8.42 Å². The molecule has 0 atom stereocenters. The van der Waals surface area contributed by atoms with Crippen LogP contribution in [0.15, 0.2) is 51.8 Å². The molecule has 0 aliphatic carbocycles. The number of amides is 1. The van der Waals surface area contributed by atoms with Gasteiger partial charge in [0.1, 0.15) is 5.75 Å². The van der Waals surface area contributed by atoms with Gasteiger partial charge in [-0.15, -0.1) is 0 Å². The summed E-state index contributed by atoms with van der Waals surface area (Å²) in [6.07, 6.45) is 0. The third-order valence-electron chi connectivity index (χ3n) is 4.69. The van der Waals surface area contributed by atoms with E-state index in [-0.39, 0.29) is 10.8 Å². The Balaban J connectivity index is 1.81. The average Bonchev–Trinajstić information content (AvgIpc) is 2.74. The maximum absolute atomic E-state index is 12.9. The number of ether oxygens (including phenoxy) is 2. The van der Waals surface area contributed by atoms with Crippen molar-refractivity contribution in [2.45, 2.75) is 11.4 Å². The van der Waals surface area contributed by atoms with Gasteiger partial charge in [0, 0.05) is 42.3 Å². The van der Waals surface area contributed by atoms with Gasteiger partial charge in [-0.3, -0.25) is 4.79 Å². The highest BCUT2D eigenvalue weighted by Gasteiger charge is 2.27. The first kappa shape index (κ1) is 21.8. The van der Waals surface area contributed by atoms with E-state index in [0.717, 1.165) is 10.0 Å². The van der Waals surface area contributed by atoms with Crippen molar-refractivity contribution in [3.05, 3.63) is 58.1 Å². The van der Waals surface area contributed by atoms with Crippen LogP contribution in [0.2, 0.25) is 0 Å². The van der Waals surface area contributed by atoms with Crippen LogP contribution in [-0.4, -0.2) is 64.0 Å². The second-order valence-electron chi connectivity index (χ2n) is 6.66. The minimum Gasteiger partial charge on any atom is -0.496 e. The van der Waals surface area contributed by atoms with E-state index < -0.39 is 10.0 Å². The fraction of sp³-hybridized carbons (Fsp3) is 0.350. The summed E-state index contributed by atoms with van der Waals surface area (Å²) in [6.45, 7) is 1.68. The molecule has 1 saturated heterocycles. The molecule has 0 unspecified atom stereocenters. The van der Waals surface area contributed by atoms with Crippen LogP contribution in [-0.2, 0) is 21.3 Å². The van der Waals surface area contributed by atoms with Crippen molar-refractivity contribution in [3.8, 4) is 5.75 Å². The molecule has 29 heavy (non-hydrogen) atoms. The lowest BCUT2D eigenvalue weighted by atomic mass is 10.1. The molecule has 0 N–H and O–H groups in total. The molecular formula is C20H23BrN2O5S. The van der Waals surface area contributed by atoms with Gasteiger partial charge >= 0.3 is 0 Å². The Bertz CT molecular complexity index is 990. The third-order valence-corrected chi connectivity index (χ3v) is 7.07. The minimum absolute atomic E-state index is 0.110. The van der Waals surface area contributed by atoms with E-state index in [4.69, 9.17) is 9.47 Å². The quantitative estimate of drug-likeness (QED) is 0.632. The van der Waals surface area contributed by atoms with Gasteiger partial charge < -0.3 is 14.4 Å². The number of benzene rings is 2. The Kier molecular flexibility index (Phi) is 6.94. The normalized spacial score (nSPS) is 15.1. The number of methoxy groups -OCH3 is 1. The van der Waals surface area contributed by atoms with Crippen molar-refractivity contribution in [1.29, 1.82) is 0 Å². The first-order chi connectivity index (χ1) is 13.8. The van der Waals surface area contributed by atoms with Crippen LogP contribution in [0.5, 0.6) is 5.75 Å². The SMILES string of the molecule is COc1ccc(Br)cc1CN(C)C(=O)c1cccc(S(=O)(=O)N2CCOCC2)c1. The highest BCUT2D eigenvalue weighted by molar-refractivity contribution is 9.10. The molecule has 2 aromatic carbocycles. The van der Waals surface area contributed by atoms with Crippen LogP contribution >= 0.6 is 15.9 Å². The predicted octanol–water partition coefficient (Wildman–Crippen LogP) is 2.75. The van der Waals surface area contributed by atoms with Crippen LogP contribution in [0.25, 0.3) is 0 Å². The molecule has 0 spiro atoms. The summed E-state index contributed by atoms with van der Waals surface area (Å²) in [7, 11) is -0.412. The van der Waals surface area contributed by atoms with Crippen molar-refractivity contribution in [2.24, 2.45) is 0 Å². The monoisotopic (exact) mass is 482 g/mol. The molecule has 1 aliphatic heterocycles. The van der Waals surface area contributed by atoms with Gasteiger partial charge in [-0.1, -0.05) is 22.0 Å². The number of nitrogens with zero attached hydrogens (tertiary/aromatic N) is 2. The molecule has 1 fully saturated rings. The second-order valence-corrected chi connectivity index (χ2v) is 9.52. The van der Waals surface area contributed by atoms with Gasteiger partial charge in [-0.05, 0) is 36.4 Å². The van der Waals surface area contributed by atoms with Crippen molar-refractivity contribution < 1.29 is 22.7 Å². The van der Waals surface area contributed by atoms with Gasteiger partial charge in [-0.2, -0.15) is 4.31 Å². The number of sulfonamides is 1. The smallest absolute Gasteiger partial charge is 0.253 e. The van der Waals surface area contributed by atoms with E-state index in [0.29, 0.717) is 44.2 Å². The van der Waals surface area contributed by atoms with Crippen LogP contribution < -0.4 is 4.74 Å². The van der Waals surface area contributed by atoms with E-state index >= 15 is 0 Å². The van der Waals surface area contributed by atoms with Crippen LogP contribution in [0.4, 0.5) is 0 Å². The number of hydrogen-bond acceptors (Lipinski definition) is 5. The first-order valence-corrected chi connectivity index (χ1v) is 11.3. The first-order valence-electron chi connectivity index (χ1n) is 9.09. The molecule has 1 heterocycles. The molecule has 0 saturated carbocycles. The van der Waals surface area contributed by atoms with E-state index in [2.05, 4.69) is 15.9 Å². The molecule has 3 rings (SSSR count). The number of hydrogen-bond donors (Lipinski definition) is 0. The molecule has 7 nitrogen and oxygen atoms in total. The van der Waals surface area contributed by atoms with Crippen LogP contribution in [0, 0.1) is 0 Å². The minimum atomic E-state index is -3.66. The topological polar surface area (TPSA) is 76.2 Å². The Labute approximate surface area is 179 Å². The number of carbonyl (C=O) groups excluding carboxylic acids is 1. The lowest BCUT2D eigenvalue weighted by molar-refractivity contribution is 0.0730. The zero-order valence-electron chi connectivity index (χ0n) is 16.3. The number of morpholine rings is 1. The van der Waals surface area contributed by atoms with Crippen molar-refractivity contribution in [1.82, 2.24) is 9.21 Å². The summed E-state index contributed by atoms with van der Waals surface area (Å²) >= 11 is 3.43. The maximum atomic E-state index is 12.9. The van der Waals surface area contributed by atoms with Crippen LogP contribution in [0.3, 0.4) is 0 Å².